The SMILES string of the molecule is CCNC(c1cc(F)ccc1F)C1CCCCC1. The lowest BCUT2D eigenvalue weighted by molar-refractivity contribution is 0.269. The fourth-order valence-corrected chi connectivity index (χ4v) is 2.97. The van der Waals surface area contributed by atoms with Crippen LogP contribution in [0, 0.1) is 17.6 Å². The lowest BCUT2D eigenvalue weighted by Gasteiger charge is -2.31. The minimum absolute atomic E-state index is 0.0500. The second-order valence-electron chi connectivity index (χ2n) is 5.10. The van der Waals surface area contributed by atoms with Gasteiger partial charge in [0, 0.05) is 11.6 Å². The van der Waals surface area contributed by atoms with Crippen molar-refractivity contribution in [3.8, 4) is 0 Å². The van der Waals surface area contributed by atoms with E-state index in [1.165, 1.54) is 37.5 Å². The largest absolute Gasteiger partial charge is 0.310 e. The molecule has 0 amide bonds. The Kier molecular flexibility index (Phi) is 4.70. The van der Waals surface area contributed by atoms with Gasteiger partial charge in [0.2, 0.25) is 0 Å². The second-order valence-corrected chi connectivity index (χ2v) is 5.10. The Morgan fingerprint density at radius 1 is 1.22 bits per heavy atom. The Bertz CT molecular complexity index is 386. The summed E-state index contributed by atoms with van der Waals surface area (Å²) in [6.07, 6.45) is 5.87. The molecule has 1 fully saturated rings. The van der Waals surface area contributed by atoms with Crippen LogP contribution in [0.1, 0.15) is 50.6 Å². The van der Waals surface area contributed by atoms with Crippen LogP contribution in [-0.2, 0) is 0 Å². The standard InChI is InChI=1S/C15H21F2N/c1-2-18-15(11-6-4-3-5-7-11)13-10-12(16)8-9-14(13)17/h8-11,15,18H,2-7H2,1H3. The predicted octanol–water partition coefficient (Wildman–Crippen LogP) is 4.20. The molecule has 1 aromatic rings. The van der Waals surface area contributed by atoms with E-state index in [2.05, 4.69) is 5.32 Å². The van der Waals surface area contributed by atoms with E-state index in [9.17, 15) is 8.78 Å². The van der Waals surface area contributed by atoms with Crippen molar-refractivity contribution in [2.24, 2.45) is 5.92 Å². The molecular formula is C15H21F2N. The van der Waals surface area contributed by atoms with Gasteiger partial charge in [-0.05, 0) is 43.5 Å². The van der Waals surface area contributed by atoms with Crippen molar-refractivity contribution in [1.29, 1.82) is 0 Å². The fraction of sp³-hybridized carbons (Fsp3) is 0.600. The van der Waals surface area contributed by atoms with Gasteiger partial charge in [0.05, 0.1) is 0 Å². The third-order valence-electron chi connectivity index (χ3n) is 3.84. The number of hydrogen-bond donors (Lipinski definition) is 1. The molecule has 1 nitrogen and oxygen atoms in total. The Balaban J connectivity index is 2.24. The second kappa shape index (κ2) is 6.28. The van der Waals surface area contributed by atoms with E-state index in [0.29, 0.717) is 11.5 Å². The van der Waals surface area contributed by atoms with E-state index in [1.807, 2.05) is 6.92 Å². The predicted molar refractivity (Wildman–Crippen MR) is 69.4 cm³/mol. The minimum atomic E-state index is -0.356. The van der Waals surface area contributed by atoms with Gasteiger partial charge in [0.25, 0.3) is 0 Å². The highest BCUT2D eigenvalue weighted by atomic mass is 19.1. The Morgan fingerprint density at radius 3 is 2.61 bits per heavy atom. The molecule has 2 rings (SSSR count). The monoisotopic (exact) mass is 253 g/mol. The first-order valence-corrected chi connectivity index (χ1v) is 6.90. The van der Waals surface area contributed by atoms with Crippen LogP contribution in [0.25, 0.3) is 0 Å². The summed E-state index contributed by atoms with van der Waals surface area (Å²) >= 11 is 0. The van der Waals surface area contributed by atoms with E-state index in [4.69, 9.17) is 0 Å². The van der Waals surface area contributed by atoms with Crippen LogP contribution in [0.2, 0.25) is 0 Å². The number of nitrogens with one attached hydrogen (secondary N) is 1. The average molecular weight is 253 g/mol. The van der Waals surface area contributed by atoms with Gasteiger partial charge in [-0.2, -0.15) is 0 Å². The van der Waals surface area contributed by atoms with Crippen molar-refractivity contribution in [1.82, 2.24) is 5.32 Å². The van der Waals surface area contributed by atoms with Crippen LogP contribution in [-0.4, -0.2) is 6.54 Å². The molecule has 1 aromatic carbocycles. The van der Waals surface area contributed by atoms with Crippen molar-refractivity contribution in [3.05, 3.63) is 35.4 Å². The van der Waals surface area contributed by atoms with E-state index < -0.39 is 0 Å². The van der Waals surface area contributed by atoms with Gasteiger partial charge < -0.3 is 5.32 Å². The van der Waals surface area contributed by atoms with Gasteiger partial charge in [-0.25, -0.2) is 8.78 Å². The first kappa shape index (κ1) is 13.5. The maximum Gasteiger partial charge on any atom is 0.128 e. The molecule has 0 bridgehead atoms. The molecule has 0 saturated heterocycles. The van der Waals surface area contributed by atoms with Crippen molar-refractivity contribution >= 4 is 0 Å². The van der Waals surface area contributed by atoms with Crippen LogP contribution in [0.15, 0.2) is 18.2 Å². The van der Waals surface area contributed by atoms with Crippen LogP contribution in [0.3, 0.4) is 0 Å². The summed E-state index contributed by atoms with van der Waals surface area (Å²) in [6.45, 7) is 2.78. The van der Waals surface area contributed by atoms with Gasteiger partial charge in [-0.15, -0.1) is 0 Å². The summed E-state index contributed by atoms with van der Waals surface area (Å²) in [5, 5.41) is 3.33. The van der Waals surface area contributed by atoms with Crippen molar-refractivity contribution in [3.63, 3.8) is 0 Å². The van der Waals surface area contributed by atoms with E-state index in [0.717, 1.165) is 19.4 Å². The average Bonchev–Trinajstić information content (AvgIpc) is 2.40. The van der Waals surface area contributed by atoms with Gasteiger partial charge in [0.1, 0.15) is 11.6 Å². The molecule has 0 aliphatic heterocycles. The lowest BCUT2D eigenvalue weighted by atomic mass is 9.81. The molecular weight excluding hydrogens is 232 g/mol. The smallest absolute Gasteiger partial charge is 0.128 e. The summed E-state index contributed by atoms with van der Waals surface area (Å²) in [6, 6.07) is 3.71. The Hall–Kier alpha value is -0.960. The fourth-order valence-electron chi connectivity index (χ4n) is 2.97. The van der Waals surface area contributed by atoms with Gasteiger partial charge in [0.15, 0.2) is 0 Å². The molecule has 100 valence electrons. The molecule has 0 spiro atoms. The highest BCUT2D eigenvalue weighted by Gasteiger charge is 2.26. The molecule has 1 aliphatic carbocycles. The summed E-state index contributed by atoms with van der Waals surface area (Å²) in [4.78, 5) is 0. The summed E-state index contributed by atoms with van der Waals surface area (Å²) in [5.74, 6) is -0.229. The molecule has 1 unspecified atom stereocenters. The third kappa shape index (κ3) is 3.08. The van der Waals surface area contributed by atoms with Crippen molar-refractivity contribution < 1.29 is 8.78 Å². The molecule has 1 saturated carbocycles. The van der Waals surface area contributed by atoms with Gasteiger partial charge in [-0.1, -0.05) is 26.2 Å². The highest BCUT2D eigenvalue weighted by molar-refractivity contribution is 5.23. The molecule has 3 heteroatoms. The highest BCUT2D eigenvalue weighted by Crippen LogP contribution is 2.35. The maximum atomic E-state index is 13.9. The normalized spacial score (nSPS) is 18.8. The topological polar surface area (TPSA) is 12.0 Å². The molecule has 1 N–H and O–H groups in total. The third-order valence-corrected chi connectivity index (χ3v) is 3.84. The molecule has 18 heavy (non-hydrogen) atoms. The zero-order chi connectivity index (χ0) is 13.0. The number of rotatable bonds is 4. The Morgan fingerprint density at radius 2 is 1.94 bits per heavy atom. The van der Waals surface area contributed by atoms with E-state index in [1.54, 1.807) is 0 Å². The minimum Gasteiger partial charge on any atom is -0.310 e. The summed E-state index contributed by atoms with van der Waals surface area (Å²) in [7, 11) is 0. The van der Waals surface area contributed by atoms with Crippen LogP contribution < -0.4 is 5.32 Å². The zero-order valence-electron chi connectivity index (χ0n) is 10.9. The van der Waals surface area contributed by atoms with E-state index >= 15 is 0 Å². The maximum absolute atomic E-state index is 13.9. The molecule has 1 aliphatic rings. The number of hydrogen-bond acceptors (Lipinski definition) is 1. The lowest BCUT2D eigenvalue weighted by Crippen LogP contribution is -2.30. The first-order chi connectivity index (χ1) is 8.72. The first-order valence-electron chi connectivity index (χ1n) is 6.90. The van der Waals surface area contributed by atoms with Crippen LogP contribution >= 0.6 is 0 Å². The molecule has 0 radical (unpaired) electrons. The van der Waals surface area contributed by atoms with Crippen LogP contribution in [0.4, 0.5) is 8.78 Å². The molecule has 0 aromatic heterocycles. The van der Waals surface area contributed by atoms with Gasteiger partial charge in [-0.3, -0.25) is 0 Å². The van der Waals surface area contributed by atoms with Crippen molar-refractivity contribution in [2.75, 3.05) is 6.54 Å². The number of halogens is 2. The van der Waals surface area contributed by atoms with E-state index in [-0.39, 0.29) is 17.7 Å². The quantitative estimate of drug-likeness (QED) is 0.848. The van der Waals surface area contributed by atoms with Crippen LogP contribution in [0.5, 0.6) is 0 Å². The van der Waals surface area contributed by atoms with Gasteiger partial charge >= 0.3 is 0 Å². The summed E-state index contributed by atoms with van der Waals surface area (Å²) in [5.41, 5.74) is 0.490. The summed E-state index contributed by atoms with van der Waals surface area (Å²) < 4.78 is 27.2. The number of benzene rings is 1. The van der Waals surface area contributed by atoms with Crippen molar-refractivity contribution in [2.45, 2.75) is 45.1 Å². The zero-order valence-corrected chi connectivity index (χ0v) is 10.9. The molecule has 1 atom stereocenters. The molecule has 0 heterocycles. The Labute approximate surface area is 108 Å².